The number of benzene rings is 2. The second-order valence-corrected chi connectivity index (χ2v) is 7.89. The lowest BCUT2D eigenvalue weighted by molar-refractivity contribution is -0.180. The number of aliphatic carboxylic acids is 1. The third-order valence-corrected chi connectivity index (χ3v) is 5.22. The van der Waals surface area contributed by atoms with Crippen LogP contribution >= 0.6 is 8.00 Å². The first-order valence-corrected chi connectivity index (χ1v) is 10.2. The molecule has 1 unspecified atom stereocenters. The summed E-state index contributed by atoms with van der Waals surface area (Å²) in [5, 5.41) is 18.0. The molecule has 6 nitrogen and oxygen atoms in total. The van der Waals surface area contributed by atoms with Crippen molar-refractivity contribution in [3.05, 3.63) is 58.4 Å². The Kier molecular flexibility index (Phi) is 8.44. The minimum absolute atomic E-state index is 0.179. The largest absolute Gasteiger partial charge is 0.603 e. The van der Waals surface area contributed by atoms with Crippen LogP contribution in [0.5, 0.6) is 0 Å². The maximum absolute atomic E-state index is 13.6. The van der Waals surface area contributed by atoms with Crippen molar-refractivity contribution >= 4 is 19.8 Å². The van der Waals surface area contributed by atoms with E-state index in [1.807, 2.05) is 26.0 Å². The van der Waals surface area contributed by atoms with E-state index in [2.05, 4.69) is 0 Å². The monoisotopic (exact) mass is 422 g/mol. The molecule has 0 spiro atoms. The molecule has 0 bridgehead atoms. The molecular formula is C21H24FO6P. The van der Waals surface area contributed by atoms with Crippen molar-refractivity contribution < 1.29 is 33.6 Å². The molecule has 2 atom stereocenters. The Morgan fingerprint density at radius 2 is 1.97 bits per heavy atom. The van der Waals surface area contributed by atoms with Gasteiger partial charge in [-0.15, -0.1) is 0 Å². The minimum Gasteiger partial charge on any atom is -0.603 e. The first kappa shape index (κ1) is 23.1. The average molecular weight is 422 g/mol. The standard InChI is InChI=1S/C21H24FO6P/c1-13-6-14(2)19(18(7-13)16-4-5-20(22)15(3)8-16)10-27-12-28-29(26)11-17(23)9-21(24)25/h4-8,11,17,23H,9-10,12H2,1-3H3,(H,24,25)/t17-/m0/s1. The van der Waals surface area contributed by atoms with E-state index in [-0.39, 0.29) is 19.2 Å². The van der Waals surface area contributed by atoms with Crippen molar-refractivity contribution in [2.24, 2.45) is 0 Å². The van der Waals surface area contributed by atoms with Crippen LogP contribution in [-0.4, -0.2) is 34.9 Å². The van der Waals surface area contributed by atoms with Crippen LogP contribution in [0.15, 0.2) is 30.3 Å². The summed E-state index contributed by atoms with van der Waals surface area (Å²) in [5.41, 5.74) is 5.28. The van der Waals surface area contributed by atoms with E-state index < -0.39 is 26.5 Å². The van der Waals surface area contributed by atoms with E-state index in [0.717, 1.165) is 33.6 Å². The Hall–Kier alpha value is -2.15. The van der Waals surface area contributed by atoms with Gasteiger partial charge in [-0.3, -0.25) is 4.79 Å². The second-order valence-electron chi connectivity index (χ2n) is 6.77. The fraction of sp³-hybridized carbons (Fsp3) is 0.333. The number of halogens is 1. The lowest BCUT2D eigenvalue weighted by atomic mass is 9.93. The van der Waals surface area contributed by atoms with Crippen LogP contribution in [0.25, 0.3) is 11.1 Å². The molecular weight excluding hydrogens is 398 g/mol. The summed E-state index contributed by atoms with van der Waals surface area (Å²) in [6.07, 6.45) is -1.90. The molecule has 2 N–H and O–H groups in total. The van der Waals surface area contributed by atoms with Gasteiger partial charge in [-0.2, -0.15) is 4.52 Å². The van der Waals surface area contributed by atoms with Crippen molar-refractivity contribution in [1.82, 2.24) is 0 Å². The zero-order valence-corrected chi connectivity index (χ0v) is 17.4. The molecule has 29 heavy (non-hydrogen) atoms. The van der Waals surface area contributed by atoms with Crippen LogP contribution in [0.2, 0.25) is 0 Å². The van der Waals surface area contributed by atoms with E-state index in [0.29, 0.717) is 5.56 Å². The Balaban J connectivity index is 2.08. The number of carboxylic acid groups (broad SMARTS) is 1. The van der Waals surface area contributed by atoms with Crippen LogP contribution in [0.3, 0.4) is 0 Å². The Bertz CT molecular complexity index is 912. The number of aliphatic hydroxyl groups excluding tert-OH is 1. The van der Waals surface area contributed by atoms with Crippen LogP contribution in [0.4, 0.5) is 4.39 Å². The molecule has 0 heterocycles. The fourth-order valence-electron chi connectivity index (χ4n) is 2.91. The van der Waals surface area contributed by atoms with Crippen molar-refractivity contribution in [1.29, 1.82) is 0 Å². The molecule has 2 aromatic rings. The van der Waals surface area contributed by atoms with E-state index in [1.54, 1.807) is 19.1 Å². The molecule has 0 aliphatic heterocycles. The maximum Gasteiger partial charge on any atom is 0.306 e. The summed E-state index contributed by atoms with van der Waals surface area (Å²) >= 11 is 0. The lowest BCUT2D eigenvalue weighted by Gasteiger charge is -2.15. The fourth-order valence-corrected chi connectivity index (χ4v) is 3.56. The van der Waals surface area contributed by atoms with E-state index in [1.165, 1.54) is 6.07 Å². The highest BCUT2D eigenvalue weighted by atomic mass is 31.1. The number of ether oxygens (including phenoxy) is 1. The van der Waals surface area contributed by atoms with Crippen molar-refractivity contribution in [2.75, 3.05) is 6.79 Å². The van der Waals surface area contributed by atoms with E-state index in [4.69, 9.17) is 14.4 Å². The van der Waals surface area contributed by atoms with Gasteiger partial charge in [0.2, 0.25) is 8.00 Å². The SMILES string of the molecule is Cc1cc(C)c(COCO[P+]([O-])=C[C@@H](O)CC(=O)O)c(-c2ccc(F)c(C)c2)c1. The third-order valence-electron chi connectivity index (χ3n) is 4.27. The molecule has 8 heteroatoms. The summed E-state index contributed by atoms with van der Waals surface area (Å²) in [7, 11) is -2.36. The molecule has 0 radical (unpaired) electrons. The van der Waals surface area contributed by atoms with Gasteiger partial charge in [-0.25, -0.2) is 4.39 Å². The van der Waals surface area contributed by atoms with E-state index in [9.17, 15) is 19.2 Å². The van der Waals surface area contributed by atoms with Crippen LogP contribution in [0.1, 0.15) is 28.7 Å². The van der Waals surface area contributed by atoms with Gasteiger partial charge in [0.25, 0.3) is 0 Å². The first-order chi connectivity index (χ1) is 13.7. The Morgan fingerprint density at radius 3 is 2.62 bits per heavy atom. The van der Waals surface area contributed by atoms with E-state index >= 15 is 0 Å². The summed E-state index contributed by atoms with van der Waals surface area (Å²) in [4.78, 5) is 22.2. The number of hydrogen-bond acceptors (Lipinski definition) is 5. The van der Waals surface area contributed by atoms with Gasteiger partial charge in [-0.1, -0.05) is 23.8 Å². The van der Waals surface area contributed by atoms with Gasteiger partial charge in [0.1, 0.15) is 17.7 Å². The second kappa shape index (κ2) is 10.6. The predicted octanol–water partition coefficient (Wildman–Crippen LogP) is 3.22. The molecule has 0 aromatic heterocycles. The Morgan fingerprint density at radius 1 is 1.24 bits per heavy atom. The normalized spacial score (nSPS) is 12.8. The van der Waals surface area contributed by atoms with Crippen LogP contribution < -0.4 is 4.89 Å². The first-order valence-electron chi connectivity index (χ1n) is 8.96. The molecule has 0 fully saturated rings. The average Bonchev–Trinajstić information content (AvgIpc) is 2.61. The van der Waals surface area contributed by atoms with Crippen LogP contribution in [0, 0.1) is 26.6 Å². The summed E-state index contributed by atoms with van der Waals surface area (Å²) < 4.78 is 24.1. The number of carboxylic acids is 1. The number of hydrogen-bond donors (Lipinski definition) is 2. The Labute approximate surface area is 170 Å². The molecule has 0 saturated heterocycles. The topological polar surface area (TPSA) is 99.0 Å². The van der Waals surface area contributed by atoms with Gasteiger partial charge in [0.15, 0.2) is 6.79 Å². The summed E-state index contributed by atoms with van der Waals surface area (Å²) in [5.74, 6) is -0.544. The van der Waals surface area contributed by atoms with Gasteiger partial charge in [0, 0.05) is 0 Å². The highest BCUT2D eigenvalue weighted by Gasteiger charge is 2.13. The smallest absolute Gasteiger partial charge is 0.306 e. The van der Waals surface area contributed by atoms with Gasteiger partial charge in [0.05, 0.1) is 13.0 Å². The van der Waals surface area contributed by atoms with Crippen molar-refractivity contribution in [2.45, 2.75) is 39.9 Å². The highest BCUT2D eigenvalue weighted by molar-refractivity contribution is 7.44. The summed E-state index contributed by atoms with van der Waals surface area (Å²) in [6.45, 7) is 5.52. The molecule has 2 aromatic carbocycles. The summed E-state index contributed by atoms with van der Waals surface area (Å²) in [6, 6.07) is 8.93. The molecule has 2 rings (SSSR count). The molecule has 0 amide bonds. The number of rotatable bonds is 9. The molecule has 0 aliphatic carbocycles. The number of aliphatic hydroxyl groups is 1. The van der Waals surface area contributed by atoms with Crippen molar-refractivity contribution in [3.8, 4) is 11.1 Å². The molecule has 0 aliphatic rings. The third kappa shape index (κ3) is 6.99. The van der Waals surface area contributed by atoms with Gasteiger partial charge >= 0.3 is 5.97 Å². The zero-order chi connectivity index (χ0) is 21.6. The molecule has 0 saturated carbocycles. The number of carbonyl (C=O) groups is 1. The zero-order valence-electron chi connectivity index (χ0n) is 16.5. The maximum atomic E-state index is 13.6. The van der Waals surface area contributed by atoms with Crippen molar-refractivity contribution in [3.63, 3.8) is 0 Å². The minimum atomic E-state index is -2.36. The lowest BCUT2D eigenvalue weighted by Crippen LogP contribution is -2.15. The number of aryl methyl sites for hydroxylation is 3. The van der Waals surface area contributed by atoms with Crippen LogP contribution in [-0.2, 0) is 20.7 Å². The highest BCUT2D eigenvalue weighted by Crippen LogP contribution is 2.30. The molecule has 156 valence electrons. The van der Waals surface area contributed by atoms with Gasteiger partial charge < -0.3 is 19.8 Å². The van der Waals surface area contributed by atoms with Gasteiger partial charge in [-0.05, 0) is 60.7 Å². The quantitative estimate of drug-likeness (QED) is 0.366. The predicted molar refractivity (Wildman–Crippen MR) is 108 cm³/mol.